The Kier molecular flexibility index (Phi) is 17.1. The van der Waals surface area contributed by atoms with E-state index in [9.17, 15) is 43.5 Å². The minimum Gasteiger partial charge on any atom is -0.490 e. The molecule has 3 atom stereocenters. The summed E-state index contributed by atoms with van der Waals surface area (Å²) < 4.78 is 29.8. The molecule has 1 aromatic carbocycles. The summed E-state index contributed by atoms with van der Waals surface area (Å²) in [6.07, 6.45) is 8.00. The first-order chi connectivity index (χ1) is 36.5. The number of rotatable bonds is 24. The molecule has 76 heavy (non-hydrogen) atoms. The maximum atomic E-state index is 15.1. The smallest absolute Gasteiger partial charge is 0.258 e. The van der Waals surface area contributed by atoms with Gasteiger partial charge in [-0.15, -0.1) is 5.10 Å². The van der Waals surface area contributed by atoms with Crippen LogP contribution in [-0.4, -0.2) is 122 Å². The number of hydrogen-bond acceptors (Lipinski definition) is 14. The third-order valence-corrected chi connectivity index (χ3v) is 13.8. The van der Waals surface area contributed by atoms with E-state index >= 15 is 4.39 Å². The van der Waals surface area contributed by atoms with Crippen molar-refractivity contribution >= 4 is 47.1 Å². The quantitative estimate of drug-likeness (QED) is 0.0545. The van der Waals surface area contributed by atoms with Gasteiger partial charge in [-0.25, -0.2) is 9.07 Å². The lowest BCUT2D eigenvalue weighted by atomic mass is 9.80. The number of aliphatic hydroxyl groups is 1. The van der Waals surface area contributed by atoms with Crippen molar-refractivity contribution in [3.63, 3.8) is 0 Å². The van der Waals surface area contributed by atoms with Crippen LogP contribution in [0.5, 0.6) is 0 Å². The monoisotopic (exact) mass is 1050 g/mol. The highest BCUT2D eigenvalue weighted by molar-refractivity contribution is 6.15. The molecule has 23 heteroatoms. The van der Waals surface area contributed by atoms with Crippen molar-refractivity contribution in [2.24, 2.45) is 10.9 Å². The van der Waals surface area contributed by atoms with Crippen LogP contribution in [0.25, 0.3) is 0 Å². The molecule has 4 aliphatic heterocycles. The molecule has 22 nitrogen and oxygen atoms in total. The van der Waals surface area contributed by atoms with Crippen LogP contribution < -0.4 is 32.1 Å². The lowest BCUT2D eigenvalue weighted by Crippen LogP contribution is -2.52. The summed E-state index contributed by atoms with van der Waals surface area (Å²) in [5.41, 5.74) is 3.97. The summed E-state index contributed by atoms with van der Waals surface area (Å²) in [7, 11) is 0. The summed E-state index contributed by atoms with van der Waals surface area (Å²) >= 11 is 0. The molecule has 1 aliphatic carbocycles. The van der Waals surface area contributed by atoms with E-state index < -0.39 is 48.4 Å². The fraction of sp³-hybridized carbons (Fsp3) is 0.415. The van der Waals surface area contributed by atoms with Gasteiger partial charge in [0.1, 0.15) is 35.5 Å². The van der Waals surface area contributed by atoms with Gasteiger partial charge in [0.2, 0.25) is 29.5 Å². The van der Waals surface area contributed by atoms with E-state index in [1.54, 1.807) is 65.7 Å². The summed E-state index contributed by atoms with van der Waals surface area (Å²) in [6.45, 7) is 7.09. The molecule has 2 aromatic heterocycles. The van der Waals surface area contributed by atoms with Crippen molar-refractivity contribution in [3.05, 3.63) is 140 Å². The second-order valence-corrected chi connectivity index (χ2v) is 19.0. The van der Waals surface area contributed by atoms with Gasteiger partial charge in [-0.05, 0) is 61.5 Å². The average molecular weight is 1050 g/mol. The normalized spacial score (nSPS) is 18.7. The summed E-state index contributed by atoms with van der Waals surface area (Å²) in [4.78, 5) is 107. The number of fused-ring (bicyclic) bond motifs is 5. The number of pyridine rings is 1. The first-order valence-corrected chi connectivity index (χ1v) is 25.1. The number of halogens is 1. The predicted octanol–water partition coefficient (Wildman–Crippen LogP) is 1.24. The Hall–Kier alpha value is -8.18. The fourth-order valence-electron chi connectivity index (χ4n) is 9.60. The van der Waals surface area contributed by atoms with Gasteiger partial charge in [-0.1, -0.05) is 55.5 Å². The number of ether oxygens (including phenoxy) is 2. The molecule has 0 saturated carbocycles. The zero-order valence-corrected chi connectivity index (χ0v) is 42.2. The van der Waals surface area contributed by atoms with Gasteiger partial charge in [0.25, 0.3) is 17.4 Å². The second kappa shape index (κ2) is 24.0. The van der Waals surface area contributed by atoms with Crippen molar-refractivity contribution in [2.45, 2.75) is 96.7 Å². The largest absolute Gasteiger partial charge is 0.490 e. The van der Waals surface area contributed by atoms with Gasteiger partial charge in [0.05, 0.1) is 74.8 Å². The predicted molar refractivity (Wildman–Crippen MR) is 271 cm³/mol. The minimum absolute atomic E-state index is 0.0240. The van der Waals surface area contributed by atoms with Crippen molar-refractivity contribution < 1.29 is 52.5 Å². The molecule has 7 amide bonds. The van der Waals surface area contributed by atoms with Crippen LogP contribution in [0, 0.1) is 5.92 Å². The molecule has 0 saturated heterocycles. The Morgan fingerprint density at radius 3 is 2.45 bits per heavy atom. The SMILES string of the molecule is C=C1OCc2c(cc3n(c2=O)CC2=C(Cn4cc(COCCNC(=O)CNC(=O)[C@@H](Cc5ccccc5)NC(=O)CNC(=O)CNC(=O)CCCCCN5C(=O)C=CC5=O)nn4)C4CC(C)=C(F)C=C4N=C23)[C@@]1(O)CC. The number of unbranched alkanes of at least 4 members (excludes halogenated alkanes) is 2. The number of carbonyl (C=O) groups is 7. The molecule has 0 radical (unpaired) electrons. The lowest BCUT2D eigenvalue weighted by Gasteiger charge is -2.35. The number of amides is 7. The highest BCUT2D eigenvalue weighted by Crippen LogP contribution is 2.45. The van der Waals surface area contributed by atoms with Crippen LogP contribution in [0.1, 0.15) is 80.5 Å². The molecular weight excluding hydrogens is 986 g/mol. The third-order valence-electron chi connectivity index (χ3n) is 13.8. The van der Waals surface area contributed by atoms with Crippen LogP contribution >= 0.6 is 0 Å². The van der Waals surface area contributed by atoms with Crippen LogP contribution in [0.15, 0.2) is 111 Å². The molecule has 0 bridgehead atoms. The Balaban J connectivity index is 0.774. The molecule has 0 fully saturated rings. The van der Waals surface area contributed by atoms with E-state index in [4.69, 9.17) is 14.5 Å². The number of nitrogens with one attached hydrogen (secondary N) is 5. The van der Waals surface area contributed by atoms with Gasteiger partial charge >= 0.3 is 0 Å². The van der Waals surface area contributed by atoms with E-state index in [0.29, 0.717) is 65.2 Å². The molecule has 3 aromatic rings. The first-order valence-electron chi connectivity index (χ1n) is 25.1. The molecule has 0 spiro atoms. The molecule has 8 rings (SSSR count). The summed E-state index contributed by atoms with van der Waals surface area (Å²) in [5.74, 6) is -4.04. The highest BCUT2D eigenvalue weighted by atomic mass is 19.1. The topological polar surface area (TPSA) is 287 Å². The minimum atomic E-state index is -1.56. The van der Waals surface area contributed by atoms with Crippen molar-refractivity contribution in [1.29, 1.82) is 0 Å². The van der Waals surface area contributed by atoms with Crippen LogP contribution in [0.4, 0.5) is 4.39 Å². The lowest BCUT2D eigenvalue weighted by molar-refractivity contribution is -0.137. The molecule has 400 valence electrons. The summed E-state index contributed by atoms with van der Waals surface area (Å²) in [6, 6.07) is 9.56. The van der Waals surface area contributed by atoms with Gasteiger partial charge in [-0.2, -0.15) is 0 Å². The maximum Gasteiger partial charge on any atom is 0.258 e. The Morgan fingerprint density at radius 1 is 0.961 bits per heavy atom. The van der Waals surface area contributed by atoms with Gasteiger partial charge in [0, 0.05) is 55.1 Å². The average Bonchev–Trinajstić information content (AvgIpc) is 4.20. The Morgan fingerprint density at radius 2 is 1.68 bits per heavy atom. The van der Waals surface area contributed by atoms with Crippen LogP contribution in [-0.2, 0) is 81.4 Å². The molecular formula is C53H60FN11O11. The molecule has 1 unspecified atom stereocenters. The standard InChI is InChI=1S/C53H60FN11O11/c1-4-53(74)32(3)76-30-38-39(53)21-43-50-37(28-65(43)52(38)73)36(35-19-31(2)40(54)22-41(35)60-50)27-63-26-34(61-62-63)29-75-18-16-55-45(67)24-58-51(72)42(20-33-11-7-5-8-12-33)59-47(69)25-57-46(68)23-56-44(66)13-9-6-10-17-64-48(70)14-15-49(64)71/h5,7-8,11-12,14-15,21-22,26,35,42,74H,3-4,6,9-10,13,16-20,23-25,27-30H2,1-2H3,(H,55,67)(H,56,66)(H,57,68)(H,58,72)(H,59,69)/t35?,42-,53-/m1/s1. The van der Waals surface area contributed by atoms with Gasteiger partial charge in [0.15, 0.2) is 0 Å². The second-order valence-electron chi connectivity index (χ2n) is 19.0. The van der Waals surface area contributed by atoms with Gasteiger partial charge < -0.3 is 45.7 Å². The van der Waals surface area contributed by atoms with E-state index in [2.05, 4.69) is 43.5 Å². The van der Waals surface area contributed by atoms with Crippen molar-refractivity contribution in [2.75, 3.05) is 39.3 Å². The van der Waals surface area contributed by atoms with E-state index in [0.717, 1.165) is 21.6 Å². The highest BCUT2D eigenvalue weighted by Gasteiger charge is 2.44. The Labute approximate surface area is 436 Å². The third kappa shape index (κ3) is 12.5. The van der Waals surface area contributed by atoms with Gasteiger partial charge in [-0.3, -0.25) is 48.2 Å². The maximum absolute atomic E-state index is 15.1. The number of aromatic nitrogens is 4. The number of aliphatic imine (C=N–C) groups is 1. The zero-order chi connectivity index (χ0) is 54.1. The van der Waals surface area contributed by atoms with E-state index in [1.165, 1.54) is 18.2 Å². The number of nitrogens with zero attached hydrogens (tertiary/aromatic N) is 6. The number of hydrogen-bond donors (Lipinski definition) is 6. The van der Waals surface area contributed by atoms with Crippen LogP contribution in [0.2, 0.25) is 0 Å². The Bertz CT molecular complexity index is 3050. The zero-order valence-electron chi connectivity index (χ0n) is 42.2. The molecule has 5 aliphatic rings. The van der Waals surface area contributed by atoms with E-state index in [-0.39, 0.29) is 113 Å². The van der Waals surface area contributed by atoms with Crippen molar-refractivity contribution in [1.82, 2.24) is 51.0 Å². The number of allylic oxidation sites excluding steroid dienone is 5. The number of carbonyl (C=O) groups excluding carboxylic acids is 7. The fourth-order valence-corrected chi connectivity index (χ4v) is 9.60. The number of imide groups is 1. The number of benzene rings is 1. The summed E-state index contributed by atoms with van der Waals surface area (Å²) in [5, 5.41) is 32.9. The molecule has 6 heterocycles. The molecule has 6 N–H and O–H groups in total. The van der Waals surface area contributed by atoms with Crippen molar-refractivity contribution in [3.8, 4) is 0 Å². The van der Waals surface area contributed by atoms with Crippen LogP contribution in [0.3, 0.4) is 0 Å². The number of dihydropyridines is 1. The first kappa shape index (κ1) is 54.1. The van der Waals surface area contributed by atoms with E-state index in [1.807, 2.05) is 0 Å².